The van der Waals surface area contributed by atoms with Crippen LogP contribution in [0.4, 0.5) is 5.82 Å². The standard InChI is InChI=1S/C13H16N2O2S/c1-8-5-9(7-18-8)12(16)14-11-6-10(17-15-11)13(2,3)4/h5-7H,1-4H3,(H,14,15,16). The second kappa shape index (κ2) is 4.57. The molecule has 0 aromatic carbocycles. The van der Waals surface area contributed by atoms with Gasteiger partial charge in [-0.05, 0) is 13.0 Å². The van der Waals surface area contributed by atoms with E-state index in [-0.39, 0.29) is 11.3 Å². The van der Waals surface area contributed by atoms with Crippen LogP contribution in [-0.4, -0.2) is 11.1 Å². The maximum atomic E-state index is 11.9. The average molecular weight is 264 g/mol. The van der Waals surface area contributed by atoms with Gasteiger partial charge in [-0.1, -0.05) is 25.9 Å². The van der Waals surface area contributed by atoms with Crippen molar-refractivity contribution >= 4 is 23.1 Å². The fourth-order valence-electron chi connectivity index (χ4n) is 1.44. The first-order valence-corrected chi connectivity index (χ1v) is 6.58. The first-order chi connectivity index (χ1) is 8.36. The third-order valence-corrected chi connectivity index (χ3v) is 3.35. The van der Waals surface area contributed by atoms with Crippen molar-refractivity contribution in [1.29, 1.82) is 0 Å². The molecule has 0 aliphatic carbocycles. The molecule has 0 atom stereocenters. The average Bonchev–Trinajstić information content (AvgIpc) is 2.85. The van der Waals surface area contributed by atoms with Gasteiger partial charge in [0.15, 0.2) is 5.82 Å². The van der Waals surface area contributed by atoms with Crippen LogP contribution in [0, 0.1) is 6.92 Å². The zero-order valence-electron chi connectivity index (χ0n) is 10.9. The van der Waals surface area contributed by atoms with E-state index < -0.39 is 0 Å². The van der Waals surface area contributed by atoms with Crippen LogP contribution < -0.4 is 5.32 Å². The van der Waals surface area contributed by atoms with Gasteiger partial charge in [-0.25, -0.2) is 0 Å². The first kappa shape index (κ1) is 12.8. The third-order valence-electron chi connectivity index (χ3n) is 2.48. The zero-order valence-corrected chi connectivity index (χ0v) is 11.7. The zero-order chi connectivity index (χ0) is 13.3. The van der Waals surface area contributed by atoms with E-state index in [1.54, 1.807) is 17.4 Å². The summed E-state index contributed by atoms with van der Waals surface area (Å²) < 4.78 is 5.21. The van der Waals surface area contributed by atoms with Crippen molar-refractivity contribution in [1.82, 2.24) is 5.16 Å². The highest BCUT2D eigenvalue weighted by atomic mass is 32.1. The van der Waals surface area contributed by atoms with E-state index in [0.717, 1.165) is 10.6 Å². The number of hydrogen-bond acceptors (Lipinski definition) is 4. The van der Waals surface area contributed by atoms with Crippen LogP contribution in [0.1, 0.15) is 41.8 Å². The SMILES string of the molecule is Cc1cc(C(=O)Nc2cc(C(C)(C)C)on2)cs1. The fourth-order valence-corrected chi connectivity index (χ4v) is 2.12. The van der Waals surface area contributed by atoms with Gasteiger partial charge in [-0.3, -0.25) is 4.79 Å². The number of carbonyl (C=O) groups is 1. The van der Waals surface area contributed by atoms with Crippen molar-refractivity contribution in [2.75, 3.05) is 5.32 Å². The van der Waals surface area contributed by atoms with Crippen molar-refractivity contribution in [2.24, 2.45) is 0 Å². The van der Waals surface area contributed by atoms with Gasteiger partial charge in [0.25, 0.3) is 5.91 Å². The molecular weight excluding hydrogens is 248 g/mol. The van der Waals surface area contributed by atoms with Crippen molar-refractivity contribution in [2.45, 2.75) is 33.1 Å². The van der Waals surface area contributed by atoms with E-state index in [4.69, 9.17) is 4.52 Å². The van der Waals surface area contributed by atoms with Gasteiger partial charge in [0.05, 0.1) is 5.56 Å². The Labute approximate surface area is 110 Å². The first-order valence-electron chi connectivity index (χ1n) is 5.70. The lowest BCUT2D eigenvalue weighted by Gasteiger charge is -2.11. The summed E-state index contributed by atoms with van der Waals surface area (Å²) in [7, 11) is 0. The highest BCUT2D eigenvalue weighted by Crippen LogP contribution is 2.24. The van der Waals surface area contributed by atoms with Gasteiger partial charge in [0.1, 0.15) is 5.76 Å². The van der Waals surface area contributed by atoms with Crippen LogP contribution in [-0.2, 0) is 5.41 Å². The van der Waals surface area contributed by atoms with Crippen LogP contribution in [0.15, 0.2) is 22.0 Å². The smallest absolute Gasteiger partial charge is 0.257 e. The molecule has 2 aromatic heterocycles. The number of anilines is 1. The molecule has 96 valence electrons. The number of amides is 1. The summed E-state index contributed by atoms with van der Waals surface area (Å²) in [5, 5.41) is 8.41. The largest absolute Gasteiger partial charge is 0.359 e. The van der Waals surface area contributed by atoms with Gasteiger partial charge in [0.2, 0.25) is 0 Å². The van der Waals surface area contributed by atoms with Crippen LogP contribution in [0.2, 0.25) is 0 Å². The molecule has 0 radical (unpaired) electrons. The number of thiophene rings is 1. The molecule has 0 bridgehead atoms. The monoisotopic (exact) mass is 264 g/mol. The van der Waals surface area contributed by atoms with E-state index in [9.17, 15) is 4.79 Å². The van der Waals surface area contributed by atoms with Crippen molar-refractivity contribution in [3.05, 3.63) is 33.7 Å². The molecule has 18 heavy (non-hydrogen) atoms. The molecule has 0 spiro atoms. The fraction of sp³-hybridized carbons (Fsp3) is 0.385. The summed E-state index contributed by atoms with van der Waals surface area (Å²) in [4.78, 5) is 13.0. The maximum absolute atomic E-state index is 11.9. The Balaban J connectivity index is 2.10. The number of aryl methyl sites for hydroxylation is 1. The molecule has 0 fully saturated rings. The molecule has 0 aliphatic rings. The van der Waals surface area contributed by atoms with Crippen LogP contribution in [0.3, 0.4) is 0 Å². The second-order valence-corrected chi connectivity index (χ2v) is 6.34. The number of nitrogens with zero attached hydrogens (tertiary/aromatic N) is 1. The Kier molecular flexibility index (Phi) is 3.26. The summed E-state index contributed by atoms with van der Waals surface area (Å²) in [5.74, 6) is 1.04. The minimum atomic E-state index is -0.159. The Morgan fingerprint density at radius 1 is 1.39 bits per heavy atom. The predicted octanol–water partition coefficient (Wildman–Crippen LogP) is 3.59. The quantitative estimate of drug-likeness (QED) is 0.901. The highest BCUT2D eigenvalue weighted by molar-refractivity contribution is 7.10. The van der Waals surface area contributed by atoms with E-state index in [1.807, 2.05) is 39.1 Å². The summed E-state index contributed by atoms with van der Waals surface area (Å²) in [5.41, 5.74) is 0.535. The molecule has 2 aromatic rings. The van der Waals surface area contributed by atoms with Crippen LogP contribution in [0.5, 0.6) is 0 Å². The predicted molar refractivity (Wildman–Crippen MR) is 72.2 cm³/mol. The third kappa shape index (κ3) is 2.79. The molecule has 4 nitrogen and oxygen atoms in total. The van der Waals surface area contributed by atoms with Gasteiger partial charge in [-0.15, -0.1) is 11.3 Å². The Hall–Kier alpha value is -1.62. The number of aromatic nitrogens is 1. The van der Waals surface area contributed by atoms with Crippen LogP contribution >= 0.6 is 11.3 Å². The van der Waals surface area contributed by atoms with Crippen molar-refractivity contribution in [3.63, 3.8) is 0 Å². The lowest BCUT2D eigenvalue weighted by atomic mass is 9.93. The molecule has 5 heteroatoms. The minimum Gasteiger partial charge on any atom is -0.359 e. The topological polar surface area (TPSA) is 55.1 Å². The van der Waals surface area contributed by atoms with Gasteiger partial charge in [0, 0.05) is 21.7 Å². The van der Waals surface area contributed by atoms with Gasteiger partial charge < -0.3 is 9.84 Å². The minimum absolute atomic E-state index is 0.116. The van der Waals surface area contributed by atoms with E-state index in [0.29, 0.717) is 11.4 Å². The molecule has 2 heterocycles. The second-order valence-electron chi connectivity index (χ2n) is 5.23. The molecule has 1 N–H and O–H groups in total. The summed E-state index contributed by atoms with van der Waals surface area (Å²) in [6.07, 6.45) is 0. The normalized spacial score (nSPS) is 11.6. The van der Waals surface area contributed by atoms with E-state index in [2.05, 4.69) is 10.5 Å². The lowest BCUT2D eigenvalue weighted by Crippen LogP contribution is -2.11. The number of carbonyl (C=O) groups excluding carboxylic acids is 1. The molecule has 1 amide bonds. The molecule has 2 rings (SSSR count). The summed E-state index contributed by atoms with van der Waals surface area (Å²) in [6.45, 7) is 8.05. The highest BCUT2D eigenvalue weighted by Gasteiger charge is 2.20. The summed E-state index contributed by atoms with van der Waals surface area (Å²) in [6, 6.07) is 3.61. The van der Waals surface area contributed by atoms with E-state index >= 15 is 0 Å². The maximum Gasteiger partial charge on any atom is 0.257 e. The van der Waals surface area contributed by atoms with Crippen molar-refractivity contribution < 1.29 is 9.32 Å². The number of rotatable bonds is 2. The molecule has 0 unspecified atom stereocenters. The van der Waals surface area contributed by atoms with E-state index in [1.165, 1.54) is 0 Å². The lowest BCUT2D eigenvalue weighted by molar-refractivity contribution is 0.102. The molecular formula is C13H16N2O2S. The molecule has 0 saturated heterocycles. The summed E-state index contributed by atoms with van der Waals surface area (Å²) >= 11 is 1.55. The Morgan fingerprint density at radius 3 is 2.61 bits per heavy atom. The van der Waals surface area contributed by atoms with Gasteiger partial charge in [-0.2, -0.15) is 0 Å². The van der Waals surface area contributed by atoms with Crippen LogP contribution in [0.25, 0.3) is 0 Å². The van der Waals surface area contributed by atoms with Gasteiger partial charge >= 0.3 is 0 Å². The Bertz CT molecular complexity index is 564. The van der Waals surface area contributed by atoms with Crippen molar-refractivity contribution in [3.8, 4) is 0 Å². The molecule has 0 aliphatic heterocycles. The molecule has 0 saturated carbocycles. The number of hydrogen-bond donors (Lipinski definition) is 1. The Morgan fingerprint density at radius 2 is 2.11 bits per heavy atom. The number of nitrogens with one attached hydrogen (secondary N) is 1.